The average Bonchev–Trinajstić information content (AvgIpc) is 2.97. The van der Waals surface area contributed by atoms with Gasteiger partial charge >= 0.3 is 0 Å². The lowest BCUT2D eigenvalue weighted by Gasteiger charge is -2.33. The molecular formula is C16H26N2O3S. The monoisotopic (exact) mass is 326 g/mol. The number of amides is 2. The first-order valence-electron chi connectivity index (χ1n) is 7.39. The third-order valence-electron chi connectivity index (χ3n) is 3.63. The number of nitrogens with zero attached hydrogens (tertiary/aromatic N) is 1. The zero-order valence-electron chi connectivity index (χ0n) is 13.9. The summed E-state index contributed by atoms with van der Waals surface area (Å²) < 4.78 is 0. The summed E-state index contributed by atoms with van der Waals surface area (Å²) in [4.78, 5) is 26.1. The van der Waals surface area contributed by atoms with Crippen LogP contribution in [0.2, 0.25) is 0 Å². The van der Waals surface area contributed by atoms with Crippen molar-refractivity contribution < 1.29 is 14.7 Å². The molecule has 2 amide bonds. The highest BCUT2D eigenvalue weighted by Crippen LogP contribution is 2.25. The number of carbonyl (C=O) groups is 2. The fourth-order valence-corrected chi connectivity index (χ4v) is 2.98. The maximum atomic E-state index is 12.1. The van der Waals surface area contributed by atoms with Crippen molar-refractivity contribution in [2.45, 2.75) is 33.8 Å². The van der Waals surface area contributed by atoms with E-state index in [2.05, 4.69) is 5.32 Å². The molecule has 1 unspecified atom stereocenters. The summed E-state index contributed by atoms with van der Waals surface area (Å²) in [5.74, 6) is -0.266. The molecule has 1 aromatic rings. The van der Waals surface area contributed by atoms with Gasteiger partial charge in [0, 0.05) is 19.0 Å². The molecule has 0 aliphatic carbocycles. The van der Waals surface area contributed by atoms with Crippen LogP contribution in [-0.2, 0) is 4.79 Å². The van der Waals surface area contributed by atoms with E-state index in [1.165, 1.54) is 16.2 Å². The fourth-order valence-electron chi connectivity index (χ4n) is 2.26. The van der Waals surface area contributed by atoms with Crippen molar-refractivity contribution in [2.24, 2.45) is 11.3 Å². The maximum Gasteiger partial charge on any atom is 0.264 e. The second-order valence-corrected chi connectivity index (χ2v) is 7.54. The molecule has 0 aliphatic rings. The van der Waals surface area contributed by atoms with Gasteiger partial charge in [0.1, 0.15) is 0 Å². The van der Waals surface area contributed by atoms with Gasteiger partial charge in [-0.2, -0.15) is 0 Å². The van der Waals surface area contributed by atoms with Crippen LogP contribution < -0.4 is 5.32 Å². The maximum absolute atomic E-state index is 12.1. The van der Waals surface area contributed by atoms with Crippen molar-refractivity contribution in [2.75, 3.05) is 20.1 Å². The van der Waals surface area contributed by atoms with Gasteiger partial charge in [0.15, 0.2) is 0 Å². The van der Waals surface area contributed by atoms with Crippen molar-refractivity contribution >= 4 is 23.2 Å². The number of hydrogen-bond donors (Lipinski definition) is 2. The smallest absolute Gasteiger partial charge is 0.264 e. The summed E-state index contributed by atoms with van der Waals surface area (Å²) in [5.41, 5.74) is -0.417. The van der Waals surface area contributed by atoms with Gasteiger partial charge in [0.05, 0.1) is 17.5 Å². The Morgan fingerprint density at radius 3 is 2.55 bits per heavy atom. The molecule has 5 nitrogen and oxygen atoms in total. The molecule has 0 aliphatic heterocycles. The first kappa shape index (κ1) is 18.6. The summed E-state index contributed by atoms with van der Waals surface area (Å²) in [6.07, 6.45) is -0.502. The molecule has 0 spiro atoms. The van der Waals surface area contributed by atoms with Gasteiger partial charge in [-0.15, -0.1) is 11.3 Å². The third-order valence-corrected chi connectivity index (χ3v) is 4.49. The Labute approximate surface area is 136 Å². The van der Waals surface area contributed by atoms with Crippen molar-refractivity contribution in [3.63, 3.8) is 0 Å². The molecule has 0 saturated carbocycles. The number of aliphatic hydroxyl groups excluding tert-OH is 1. The highest BCUT2D eigenvalue weighted by molar-refractivity contribution is 7.12. The number of aliphatic hydroxyl groups is 1. The lowest BCUT2D eigenvalue weighted by atomic mass is 9.81. The second-order valence-electron chi connectivity index (χ2n) is 6.59. The average molecular weight is 326 g/mol. The molecule has 22 heavy (non-hydrogen) atoms. The lowest BCUT2D eigenvalue weighted by molar-refractivity contribution is -0.122. The van der Waals surface area contributed by atoms with Crippen LogP contribution in [0.3, 0.4) is 0 Å². The first-order chi connectivity index (χ1) is 10.1. The van der Waals surface area contributed by atoms with Crippen LogP contribution in [0.15, 0.2) is 17.5 Å². The van der Waals surface area contributed by atoms with E-state index < -0.39 is 11.5 Å². The molecule has 1 aromatic heterocycles. The molecular weight excluding hydrogens is 300 g/mol. The summed E-state index contributed by atoms with van der Waals surface area (Å²) in [6.45, 7) is 8.09. The van der Waals surface area contributed by atoms with Gasteiger partial charge in [-0.1, -0.05) is 33.8 Å². The normalized spacial score (nSPS) is 13.0. The number of nitrogens with one attached hydrogen (secondary N) is 1. The summed E-state index contributed by atoms with van der Waals surface area (Å²) in [6, 6.07) is 3.55. The van der Waals surface area contributed by atoms with Crippen LogP contribution in [0.5, 0.6) is 0 Å². The van der Waals surface area contributed by atoms with E-state index >= 15 is 0 Å². The number of thiophene rings is 1. The molecule has 1 rings (SSSR count). The van der Waals surface area contributed by atoms with Crippen molar-refractivity contribution in [3.8, 4) is 0 Å². The number of carbonyl (C=O) groups excluding carboxylic acids is 2. The molecule has 2 N–H and O–H groups in total. The summed E-state index contributed by atoms with van der Waals surface area (Å²) in [5, 5.41) is 14.8. The van der Waals surface area contributed by atoms with Crippen LogP contribution >= 0.6 is 11.3 Å². The Bertz CT molecular complexity index is 497. The molecule has 1 atom stereocenters. The predicted molar refractivity (Wildman–Crippen MR) is 88.9 cm³/mol. The molecule has 0 aromatic carbocycles. The van der Waals surface area contributed by atoms with Gasteiger partial charge in [-0.25, -0.2) is 0 Å². The van der Waals surface area contributed by atoms with Gasteiger partial charge in [-0.3, -0.25) is 9.59 Å². The van der Waals surface area contributed by atoms with E-state index in [9.17, 15) is 14.7 Å². The van der Waals surface area contributed by atoms with E-state index in [0.29, 0.717) is 11.4 Å². The number of hydrogen-bond acceptors (Lipinski definition) is 4. The molecule has 124 valence electrons. The van der Waals surface area contributed by atoms with Gasteiger partial charge in [-0.05, 0) is 17.4 Å². The van der Waals surface area contributed by atoms with Crippen LogP contribution in [0.25, 0.3) is 0 Å². The zero-order chi connectivity index (χ0) is 16.9. The summed E-state index contributed by atoms with van der Waals surface area (Å²) in [7, 11) is 1.61. The molecule has 0 bridgehead atoms. The topological polar surface area (TPSA) is 69.6 Å². The fraction of sp³-hybridized carbons (Fsp3) is 0.625. The van der Waals surface area contributed by atoms with E-state index in [1.807, 2.05) is 39.1 Å². The highest BCUT2D eigenvalue weighted by atomic mass is 32.1. The summed E-state index contributed by atoms with van der Waals surface area (Å²) >= 11 is 1.36. The van der Waals surface area contributed by atoms with E-state index in [-0.39, 0.29) is 24.3 Å². The van der Waals surface area contributed by atoms with E-state index in [4.69, 9.17) is 0 Å². The van der Waals surface area contributed by atoms with Crippen LogP contribution in [0.1, 0.15) is 37.4 Å². The van der Waals surface area contributed by atoms with E-state index in [0.717, 1.165) is 0 Å². The Balaban J connectivity index is 2.48. The van der Waals surface area contributed by atoms with Crippen LogP contribution in [0, 0.1) is 11.3 Å². The van der Waals surface area contributed by atoms with Crippen molar-refractivity contribution in [1.82, 2.24) is 10.2 Å². The molecule has 6 heteroatoms. The molecule has 0 saturated heterocycles. The molecule has 0 radical (unpaired) electrons. The van der Waals surface area contributed by atoms with Gasteiger partial charge in [0.25, 0.3) is 5.91 Å². The largest absolute Gasteiger partial charge is 0.392 e. The zero-order valence-corrected chi connectivity index (χ0v) is 14.7. The SMILES string of the molecule is CC(C)C(O)C(C)(C)CNC(=O)CN(C)C(=O)c1cccs1. The Hall–Kier alpha value is -1.40. The minimum atomic E-state index is -0.502. The minimum Gasteiger partial charge on any atom is -0.392 e. The number of likely N-dealkylation sites (N-methyl/N-ethyl adjacent to an activating group) is 1. The van der Waals surface area contributed by atoms with Crippen molar-refractivity contribution in [3.05, 3.63) is 22.4 Å². The predicted octanol–water partition coefficient (Wildman–Crippen LogP) is 1.98. The van der Waals surface area contributed by atoms with Crippen molar-refractivity contribution in [1.29, 1.82) is 0 Å². The van der Waals surface area contributed by atoms with Crippen LogP contribution in [-0.4, -0.2) is 48.1 Å². The van der Waals surface area contributed by atoms with Gasteiger partial charge in [0.2, 0.25) is 5.91 Å². The Morgan fingerprint density at radius 1 is 1.41 bits per heavy atom. The first-order valence-corrected chi connectivity index (χ1v) is 8.27. The standard InChI is InChI=1S/C16H26N2O3S/c1-11(2)14(20)16(3,4)10-17-13(19)9-18(5)15(21)12-7-6-8-22-12/h6-8,11,14,20H,9-10H2,1-5H3,(H,17,19). The van der Waals surface area contributed by atoms with Crippen LogP contribution in [0.4, 0.5) is 0 Å². The minimum absolute atomic E-state index is 0.00455. The Kier molecular flexibility index (Phi) is 6.56. The number of rotatable bonds is 7. The highest BCUT2D eigenvalue weighted by Gasteiger charge is 2.30. The molecule has 1 heterocycles. The van der Waals surface area contributed by atoms with Gasteiger partial charge < -0.3 is 15.3 Å². The van der Waals surface area contributed by atoms with E-state index in [1.54, 1.807) is 13.1 Å². The molecule has 0 fully saturated rings. The second kappa shape index (κ2) is 7.74. The Morgan fingerprint density at radius 2 is 2.05 bits per heavy atom. The lowest BCUT2D eigenvalue weighted by Crippen LogP contribution is -2.46. The third kappa shape index (κ3) is 5.10. The quantitative estimate of drug-likeness (QED) is 0.805.